The minimum atomic E-state index is -1.77. The molecule has 0 aromatic rings. The number of rotatable bonds is 0. The molecule has 0 aliphatic carbocycles. The maximum atomic E-state index is 8.68. The third-order valence-corrected chi connectivity index (χ3v) is 0.833. The third-order valence-electron chi connectivity index (χ3n) is 0.833. The summed E-state index contributed by atoms with van der Waals surface area (Å²) in [5, 5.41) is 17.4. The van der Waals surface area contributed by atoms with Crippen molar-refractivity contribution in [1.82, 2.24) is 0 Å². The lowest BCUT2D eigenvalue weighted by Gasteiger charge is -2.25. The molecule has 1 rings (SSSR count). The van der Waals surface area contributed by atoms with E-state index in [2.05, 4.69) is 9.47 Å². The first kappa shape index (κ1) is 5.97. The second-order valence-electron chi connectivity index (χ2n) is 1.80. The fourth-order valence-corrected chi connectivity index (χ4v) is 0.511. The van der Waals surface area contributed by atoms with E-state index in [-0.39, 0.29) is 20.0 Å². The average molecular weight is 120 g/mol. The van der Waals surface area contributed by atoms with Crippen molar-refractivity contribution in [3.05, 3.63) is 0 Å². The Balaban J connectivity index is 2.33. The van der Waals surface area contributed by atoms with Gasteiger partial charge in [0.25, 0.3) is 0 Å². The predicted octanol–water partition coefficient (Wildman–Crippen LogP) is -1.33. The van der Waals surface area contributed by atoms with E-state index in [1.165, 1.54) is 0 Å². The Morgan fingerprint density at radius 2 is 1.62 bits per heavy atom. The number of hydrogen-bond donors (Lipinski definition) is 2. The van der Waals surface area contributed by atoms with E-state index in [0.29, 0.717) is 0 Å². The summed E-state index contributed by atoms with van der Waals surface area (Å²) in [6.07, 6.45) is 0. The van der Waals surface area contributed by atoms with Crippen LogP contribution in [0.4, 0.5) is 0 Å². The molecule has 4 nitrogen and oxygen atoms in total. The molecule has 48 valence electrons. The van der Waals surface area contributed by atoms with Gasteiger partial charge in [-0.3, -0.25) is 0 Å². The largest absolute Gasteiger partial charge is 0.362 e. The van der Waals surface area contributed by atoms with Crippen molar-refractivity contribution >= 4 is 0 Å². The van der Waals surface area contributed by atoms with Crippen LogP contribution in [0, 0.1) is 0 Å². The Bertz CT molecular complexity index is 72.1. The standard InChI is InChI=1S/C4H8O4/c5-4(6)1-7-3-8-2-4/h5-6H,1-3H2. The van der Waals surface area contributed by atoms with E-state index >= 15 is 0 Å². The highest BCUT2D eigenvalue weighted by Crippen LogP contribution is 2.05. The summed E-state index contributed by atoms with van der Waals surface area (Å²) in [6.45, 7) is 0.0306. The van der Waals surface area contributed by atoms with Crippen LogP contribution < -0.4 is 0 Å². The Hall–Kier alpha value is -0.160. The molecule has 1 saturated heterocycles. The summed E-state index contributed by atoms with van der Waals surface area (Å²) in [6, 6.07) is 0. The highest BCUT2D eigenvalue weighted by Gasteiger charge is 2.26. The molecule has 4 heteroatoms. The van der Waals surface area contributed by atoms with Crippen LogP contribution in [0.3, 0.4) is 0 Å². The normalized spacial score (nSPS) is 27.8. The van der Waals surface area contributed by atoms with E-state index in [1.54, 1.807) is 0 Å². The van der Waals surface area contributed by atoms with Crippen molar-refractivity contribution < 1.29 is 19.7 Å². The number of ether oxygens (including phenoxy) is 2. The quantitative estimate of drug-likeness (QED) is 0.389. The molecule has 0 saturated carbocycles. The van der Waals surface area contributed by atoms with Crippen LogP contribution >= 0.6 is 0 Å². The van der Waals surface area contributed by atoms with Gasteiger partial charge in [0, 0.05) is 0 Å². The zero-order chi connectivity index (χ0) is 6.04. The molecule has 8 heavy (non-hydrogen) atoms. The van der Waals surface area contributed by atoms with Crippen LogP contribution in [0.1, 0.15) is 0 Å². The molecule has 0 atom stereocenters. The fourth-order valence-electron chi connectivity index (χ4n) is 0.511. The number of hydrogen-bond acceptors (Lipinski definition) is 4. The van der Waals surface area contributed by atoms with Gasteiger partial charge in [-0.2, -0.15) is 0 Å². The topological polar surface area (TPSA) is 58.9 Å². The summed E-state index contributed by atoms with van der Waals surface area (Å²) in [5.41, 5.74) is 0. The first-order valence-corrected chi connectivity index (χ1v) is 2.31. The van der Waals surface area contributed by atoms with Crippen molar-refractivity contribution in [1.29, 1.82) is 0 Å². The second-order valence-corrected chi connectivity index (χ2v) is 1.80. The van der Waals surface area contributed by atoms with Crippen LogP contribution in [-0.4, -0.2) is 36.0 Å². The van der Waals surface area contributed by atoms with Gasteiger partial charge in [0.05, 0.1) is 0 Å². The summed E-state index contributed by atoms with van der Waals surface area (Å²) >= 11 is 0. The first-order chi connectivity index (χ1) is 3.71. The molecular weight excluding hydrogens is 112 g/mol. The molecule has 0 bridgehead atoms. The fraction of sp³-hybridized carbons (Fsp3) is 1.00. The van der Waals surface area contributed by atoms with Crippen molar-refractivity contribution in [3.63, 3.8) is 0 Å². The lowest BCUT2D eigenvalue weighted by atomic mass is 10.3. The van der Waals surface area contributed by atoms with Gasteiger partial charge < -0.3 is 19.7 Å². The lowest BCUT2D eigenvalue weighted by molar-refractivity contribution is -0.286. The van der Waals surface area contributed by atoms with Crippen molar-refractivity contribution in [2.24, 2.45) is 0 Å². The first-order valence-electron chi connectivity index (χ1n) is 2.31. The summed E-state index contributed by atoms with van der Waals surface area (Å²) in [7, 11) is 0. The van der Waals surface area contributed by atoms with Crippen LogP contribution in [0.15, 0.2) is 0 Å². The van der Waals surface area contributed by atoms with Gasteiger partial charge in [0.1, 0.15) is 20.0 Å². The van der Waals surface area contributed by atoms with Crippen molar-refractivity contribution in [2.75, 3.05) is 20.0 Å². The minimum Gasteiger partial charge on any atom is -0.362 e. The van der Waals surface area contributed by atoms with Gasteiger partial charge in [-0.15, -0.1) is 0 Å². The lowest BCUT2D eigenvalue weighted by Crippen LogP contribution is -2.43. The highest BCUT2D eigenvalue weighted by molar-refractivity contribution is 4.63. The zero-order valence-electron chi connectivity index (χ0n) is 4.33. The smallest absolute Gasteiger partial charge is 0.211 e. The van der Waals surface area contributed by atoms with Crippen molar-refractivity contribution in [3.8, 4) is 0 Å². The van der Waals surface area contributed by atoms with Crippen LogP contribution in [-0.2, 0) is 9.47 Å². The minimum absolute atomic E-state index is 0.0625. The van der Waals surface area contributed by atoms with Crippen LogP contribution in [0.25, 0.3) is 0 Å². The molecule has 2 N–H and O–H groups in total. The molecule has 0 unspecified atom stereocenters. The second kappa shape index (κ2) is 1.99. The maximum Gasteiger partial charge on any atom is 0.211 e. The molecule has 1 fully saturated rings. The summed E-state index contributed by atoms with van der Waals surface area (Å²) < 4.78 is 9.12. The van der Waals surface area contributed by atoms with Gasteiger partial charge in [-0.25, -0.2) is 0 Å². The van der Waals surface area contributed by atoms with Gasteiger partial charge in [0.15, 0.2) is 0 Å². The number of aliphatic hydroxyl groups is 2. The Morgan fingerprint density at radius 1 is 1.12 bits per heavy atom. The Morgan fingerprint density at radius 3 is 1.88 bits per heavy atom. The molecule has 1 aliphatic rings. The molecule has 0 amide bonds. The molecule has 1 aliphatic heterocycles. The predicted molar refractivity (Wildman–Crippen MR) is 23.9 cm³/mol. The molecule has 0 aromatic carbocycles. The van der Waals surface area contributed by atoms with E-state index in [4.69, 9.17) is 10.2 Å². The maximum absolute atomic E-state index is 8.68. The highest BCUT2D eigenvalue weighted by atomic mass is 16.7. The SMILES string of the molecule is OC1(O)COCOC1. The van der Waals surface area contributed by atoms with E-state index in [9.17, 15) is 0 Å². The third kappa shape index (κ3) is 1.41. The zero-order valence-corrected chi connectivity index (χ0v) is 4.33. The molecular formula is C4H8O4. The summed E-state index contributed by atoms with van der Waals surface area (Å²) in [4.78, 5) is 0. The van der Waals surface area contributed by atoms with Gasteiger partial charge >= 0.3 is 0 Å². The van der Waals surface area contributed by atoms with Gasteiger partial charge in [-0.1, -0.05) is 0 Å². The van der Waals surface area contributed by atoms with Crippen LogP contribution in [0.2, 0.25) is 0 Å². The van der Waals surface area contributed by atoms with Gasteiger partial charge in [-0.05, 0) is 0 Å². The Kier molecular flexibility index (Phi) is 1.48. The van der Waals surface area contributed by atoms with Gasteiger partial charge in [0.2, 0.25) is 5.79 Å². The molecule has 0 aromatic heterocycles. The molecule has 1 heterocycles. The van der Waals surface area contributed by atoms with E-state index in [1.807, 2.05) is 0 Å². The summed E-state index contributed by atoms with van der Waals surface area (Å²) in [5.74, 6) is -1.77. The van der Waals surface area contributed by atoms with Crippen LogP contribution in [0.5, 0.6) is 0 Å². The van der Waals surface area contributed by atoms with E-state index < -0.39 is 5.79 Å². The Labute approximate surface area is 46.6 Å². The molecule has 0 radical (unpaired) electrons. The van der Waals surface area contributed by atoms with E-state index in [0.717, 1.165) is 0 Å². The van der Waals surface area contributed by atoms with Crippen molar-refractivity contribution in [2.45, 2.75) is 5.79 Å². The monoisotopic (exact) mass is 120 g/mol. The average Bonchev–Trinajstić information content (AvgIpc) is 1.65. The molecule has 0 spiro atoms.